The van der Waals surface area contributed by atoms with Crippen LogP contribution < -0.4 is 19.8 Å². The van der Waals surface area contributed by atoms with E-state index in [1.807, 2.05) is 6.07 Å². The van der Waals surface area contributed by atoms with Gasteiger partial charge < -0.3 is 28.7 Å². The zero-order valence-corrected chi connectivity index (χ0v) is 22.1. The summed E-state index contributed by atoms with van der Waals surface area (Å²) >= 11 is 0. The molecular weight excluding hydrogens is 458 g/mol. The van der Waals surface area contributed by atoms with E-state index < -0.39 is 0 Å². The van der Waals surface area contributed by atoms with Crippen LogP contribution in [-0.2, 0) is 16.0 Å². The van der Waals surface area contributed by atoms with Gasteiger partial charge in [0.05, 0.1) is 5.56 Å². The molecule has 0 aromatic heterocycles. The fourth-order valence-corrected chi connectivity index (χ4v) is 4.47. The minimum atomic E-state index is 0.124. The maximum atomic E-state index is 5.96. The molecule has 1 fully saturated rings. The Bertz CT molecular complexity index is 1020. The Morgan fingerprint density at radius 3 is 2.22 bits per heavy atom. The highest BCUT2D eigenvalue weighted by molar-refractivity contribution is 6.12. The van der Waals surface area contributed by atoms with E-state index in [4.69, 9.17) is 18.9 Å². The van der Waals surface area contributed by atoms with Crippen LogP contribution in [0.3, 0.4) is 0 Å². The predicted molar refractivity (Wildman–Crippen MR) is 142 cm³/mol. The van der Waals surface area contributed by atoms with E-state index in [2.05, 4.69) is 76.5 Å². The van der Waals surface area contributed by atoms with E-state index in [1.54, 1.807) is 14.2 Å². The fraction of sp³-hybridized carbons (Fsp3) is 0.519. The van der Waals surface area contributed by atoms with Crippen LogP contribution in [0.25, 0.3) is 0 Å². The molecule has 2 aromatic carbocycles. The Morgan fingerprint density at radius 2 is 1.58 bits per heavy atom. The molecule has 0 atom stereocenters. The zero-order valence-electron chi connectivity index (χ0n) is 22.1. The van der Waals surface area contributed by atoms with Gasteiger partial charge in [-0.3, -0.25) is 10.3 Å². The van der Waals surface area contributed by atoms with E-state index in [-0.39, 0.29) is 19.5 Å². The Labute approximate surface area is 214 Å². The first-order chi connectivity index (χ1) is 17.5. The Morgan fingerprint density at radius 1 is 0.917 bits per heavy atom. The largest absolute Gasteiger partial charge is 0.467 e. The number of rotatable bonds is 11. The molecule has 1 N–H and O–H groups in total. The minimum absolute atomic E-state index is 0.124. The molecule has 36 heavy (non-hydrogen) atoms. The number of nitrogens with one attached hydrogen (secondary N) is 1. The summed E-state index contributed by atoms with van der Waals surface area (Å²) in [6.07, 6.45) is 0. The summed E-state index contributed by atoms with van der Waals surface area (Å²) in [5, 5.41) is 4.64. The van der Waals surface area contributed by atoms with Crippen LogP contribution in [0.4, 0.5) is 5.69 Å². The van der Waals surface area contributed by atoms with Crippen molar-refractivity contribution >= 4 is 11.5 Å². The summed E-state index contributed by atoms with van der Waals surface area (Å²) in [6.45, 7) is 10.6. The van der Waals surface area contributed by atoms with E-state index >= 15 is 0 Å². The number of nitrogens with zero attached hydrogens (tertiary/aromatic N) is 4. The zero-order chi connectivity index (χ0) is 25.5. The number of ether oxygens (including phenoxy) is 4. The SMILES string of the molecule is COCOc1cc(OCOC)c(C(C)C)cc1C1=NNCN1c1ccc(CN2CCN(C)CC2)cc1. The first-order valence-corrected chi connectivity index (χ1v) is 12.5. The molecule has 0 amide bonds. The van der Waals surface area contributed by atoms with E-state index in [1.165, 1.54) is 5.56 Å². The number of piperazine rings is 1. The average Bonchev–Trinajstić information content (AvgIpc) is 3.37. The second kappa shape index (κ2) is 12.4. The van der Waals surface area contributed by atoms with Crippen LogP contribution in [0, 0.1) is 0 Å². The van der Waals surface area contributed by atoms with Gasteiger partial charge in [0.2, 0.25) is 0 Å². The van der Waals surface area contributed by atoms with Crippen molar-refractivity contribution in [3.63, 3.8) is 0 Å². The third-order valence-electron chi connectivity index (χ3n) is 6.56. The lowest BCUT2D eigenvalue weighted by Gasteiger charge is -2.32. The van der Waals surface area contributed by atoms with Gasteiger partial charge in [-0.1, -0.05) is 26.0 Å². The lowest BCUT2D eigenvalue weighted by atomic mass is 9.98. The number of hydrazone groups is 1. The molecule has 0 saturated carbocycles. The van der Waals surface area contributed by atoms with Crippen molar-refractivity contribution in [2.75, 3.05) is 72.6 Å². The molecule has 0 aliphatic carbocycles. The lowest BCUT2D eigenvalue weighted by Crippen LogP contribution is -2.43. The van der Waals surface area contributed by atoms with Crippen molar-refractivity contribution in [3.8, 4) is 11.5 Å². The highest BCUT2D eigenvalue weighted by Crippen LogP contribution is 2.36. The van der Waals surface area contributed by atoms with Crippen LogP contribution in [0.1, 0.15) is 36.5 Å². The van der Waals surface area contributed by atoms with Crippen LogP contribution >= 0.6 is 0 Å². The smallest absolute Gasteiger partial charge is 0.188 e. The molecule has 2 aromatic rings. The van der Waals surface area contributed by atoms with Gasteiger partial charge in [-0.15, -0.1) is 0 Å². The molecule has 2 heterocycles. The predicted octanol–water partition coefficient (Wildman–Crippen LogP) is 3.25. The number of hydrogen-bond acceptors (Lipinski definition) is 9. The molecule has 196 valence electrons. The second-order valence-electron chi connectivity index (χ2n) is 9.57. The molecular formula is C27H39N5O4. The first kappa shape index (κ1) is 26.2. The number of anilines is 1. The fourth-order valence-electron chi connectivity index (χ4n) is 4.47. The van der Waals surface area contributed by atoms with Crippen molar-refractivity contribution in [2.24, 2.45) is 5.10 Å². The van der Waals surface area contributed by atoms with Gasteiger partial charge >= 0.3 is 0 Å². The van der Waals surface area contributed by atoms with Gasteiger partial charge in [0.1, 0.15) is 18.2 Å². The molecule has 9 nitrogen and oxygen atoms in total. The summed E-state index contributed by atoms with van der Waals surface area (Å²) in [7, 11) is 5.40. The van der Waals surface area contributed by atoms with Crippen LogP contribution in [0.5, 0.6) is 11.5 Å². The van der Waals surface area contributed by atoms with Gasteiger partial charge in [-0.2, -0.15) is 5.10 Å². The summed E-state index contributed by atoms with van der Waals surface area (Å²) in [5.41, 5.74) is 7.48. The Hall–Kier alpha value is -2.85. The highest BCUT2D eigenvalue weighted by Gasteiger charge is 2.26. The molecule has 0 unspecified atom stereocenters. The van der Waals surface area contributed by atoms with Crippen LogP contribution in [0.15, 0.2) is 41.5 Å². The Balaban J connectivity index is 1.58. The summed E-state index contributed by atoms with van der Waals surface area (Å²) in [4.78, 5) is 7.06. The van der Waals surface area contributed by atoms with Gasteiger partial charge in [0.15, 0.2) is 19.4 Å². The first-order valence-electron chi connectivity index (χ1n) is 12.5. The average molecular weight is 498 g/mol. The topological polar surface area (TPSA) is 71.0 Å². The van der Waals surface area contributed by atoms with Crippen molar-refractivity contribution < 1.29 is 18.9 Å². The third kappa shape index (κ3) is 6.28. The van der Waals surface area contributed by atoms with Gasteiger partial charge in [0.25, 0.3) is 0 Å². The van der Waals surface area contributed by atoms with Crippen molar-refractivity contribution in [1.29, 1.82) is 0 Å². The summed E-state index contributed by atoms with van der Waals surface area (Å²) in [5.74, 6) is 2.41. The number of benzene rings is 2. The van der Waals surface area contributed by atoms with Crippen molar-refractivity contribution in [3.05, 3.63) is 53.1 Å². The van der Waals surface area contributed by atoms with Crippen molar-refractivity contribution in [2.45, 2.75) is 26.3 Å². The summed E-state index contributed by atoms with van der Waals surface area (Å²) < 4.78 is 22.1. The maximum Gasteiger partial charge on any atom is 0.188 e. The van der Waals surface area contributed by atoms with Crippen molar-refractivity contribution in [1.82, 2.24) is 15.2 Å². The maximum absolute atomic E-state index is 5.96. The Kier molecular flexibility index (Phi) is 9.03. The van der Waals surface area contributed by atoms with E-state index in [0.717, 1.165) is 61.1 Å². The molecule has 1 saturated heterocycles. The van der Waals surface area contributed by atoms with E-state index in [0.29, 0.717) is 12.4 Å². The molecule has 0 bridgehead atoms. The molecule has 2 aliphatic rings. The summed E-state index contributed by atoms with van der Waals surface area (Å²) in [6, 6.07) is 12.8. The molecule has 2 aliphatic heterocycles. The minimum Gasteiger partial charge on any atom is -0.467 e. The van der Waals surface area contributed by atoms with Gasteiger partial charge in [0, 0.05) is 58.7 Å². The molecule has 0 spiro atoms. The van der Waals surface area contributed by atoms with Crippen LogP contribution in [0.2, 0.25) is 0 Å². The number of likely N-dealkylation sites (N-methyl/N-ethyl adjacent to an activating group) is 1. The number of hydrogen-bond donors (Lipinski definition) is 1. The third-order valence-corrected chi connectivity index (χ3v) is 6.56. The molecule has 0 radical (unpaired) electrons. The number of amidine groups is 1. The molecule has 9 heteroatoms. The second-order valence-corrected chi connectivity index (χ2v) is 9.57. The standard InChI is InChI=1S/C27H39N5O4/c1-20(2)23-14-24(26(36-19-34-5)15-25(23)35-18-33-4)27-29-28-17-32(27)22-8-6-21(7-9-22)16-31-12-10-30(3)11-13-31/h6-9,14-15,20,28H,10-13,16-19H2,1-5H3. The highest BCUT2D eigenvalue weighted by atomic mass is 16.7. The number of methoxy groups -OCH3 is 2. The van der Waals surface area contributed by atoms with E-state index in [9.17, 15) is 0 Å². The van der Waals surface area contributed by atoms with Gasteiger partial charge in [-0.05, 0) is 42.3 Å². The normalized spacial score (nSPS) is 16.8. The lowest BCUT2D eigenvalue weighted by molar-refractivity contribution is 0.0454. The molecule has 4 rings (SSSR count). The van der Waals surface area contributed by atoms with Gasteiger partial charge in [-0.25, -0.2) is 0 Å². The quantitative estimate of drug-likeness (QED) is 0.475. The monoisotopic (exact) mass is 497 g/mol. The van der Waals surface area contributed by atoms with Crippen LogP contribution in [-0.4, -0.2) is 83.3 Å².